The average Bonchev–Trinajstić information content (AvgIpc) is 2.85. The molecule has 0 unspecified atom stereocenters. The summed E-state index contributed by atoms with van der Waals surface area (Å²) in [5.74, 6) is -0.383. The van der Waals surface area contributed by atoms with E-state index in [1.807, 2.05) is 0 Å². The van der Waals surface area contributed by atoms with Crippen LogP contribution in [0.25, 0.3) is 0 Å². The van der Waals surface area contributed by atoms with Crippen LogP contribution in [0.2, 0.25) is 0 Å². The summed E-state index contributed by atoms with van der Waals surface area (Å²) >= 11 is 0. The maximum Gasteiger partial charge on any atom is 0.342 e. The Labute approximate surface area is 120 Å². The first-order valence-corrected chi connectivity index (χ1v) is 7.15. The molecule has 2 rings (SSSR count). The smallest absolute Gasteiger partial charge is 0.342 e. The van der Waals surface area contributed by atoms with Crippen molar-refractivity contribution >= 4 is 15.8 Å². The highest BCUT2D eigenvalue weighted by molar-refractivity contribution is 7.87. The van der Waals surface area contributed by atoms with Crippen molar-refractivity contribution in [2.45, 2.75) is 11.4 Å². The van der Waals surface area contributed by atoms with E-state index in [4.69, 9.17) is 9.92 Å². The van der Waals surface area contributed by atoms with Crippen molar-refractivity contribution in [2.75, 3.05) is 0 Å². The normalized spacial score (nSPS) is 11.3. The lowest BCUT2D eigenvalue weighted by atomic mass is 10.2. The van der Waals surface area contributed by atoms with E-state index < -0.39 is 20.7 Å². The first-order chi connectivity index (χ1) is 9.83. The Bertz CT molecular complexity index is 784. The molecule has 0 aliphatic heterocycles. The second-order valence-electron chi connectivity index (χ2n) is 4.15. The van der Waals surface area contributed by atoms with Crippen LogP contribution in [0.5, 0.6) is 5.75 Å². The standard InChI is InChI=1S/C11H12N4O5S/c1-14-7-9(6-13-14)21(18,19)20-11-4-8(5-12)2-3-10(11)15(16)17/h2-4,6-7H,5,12H2,1H3. The molecule has 1 aromatic heterocycles. The van der Waals surface area contributed by atoms with Gasteiger partial charge in [-0.05, 0) is 11.6 Å². The van der Waals surface area contributed by atoms with Gasteiger partial charge in [-0.2, -0.15) is 13.5 Å². The summed E-state index contributed by atoms with van der Waals surface area (Å²) in [6.07, 6.45) is 2.32. The Hall–Kier alpha value is -2.46. The molecule has 2 N–H and O–H groups in total. The fraction of sp³-hybridized carbons (Fsp3) is 0.182. The maximum atomic E-state index is 12.1. The Balaban J connectivity index is 2.44. The monoisotopic (exact) mass is 312 g/mol. The molecule has 10 heteroatoms. The molecule has 0 saturated carbocycles. The number of rotatable bonds is 5. The fourth-order valence-corrected chi connectivity index (χ4v) is 2.52. The van der Waals surface area contributed by atoms with Gasteiger partial charge < -0.3 is 9.92 Å². The van der Waals surface area contributed by atoms with Crippen molar-refractivity contribution < 1.29 is 17.5 Å². The van der Waals surface area contributed by atoms with E-state index in [9.17, 15) is 18.5 Å². The van der Waals surface area contributed by atoms with Crippen molar-refractivity contribution in [3.05, 3.63) is 46.3 Å². The Kier molecular flexibility index (Phi) is 3.91. The van der Waals surface area contributed by atoms with Gasteiger partial charge in [0.1, 0.15) is 4.90 Å². The molecular weight excluding hydrogens is 300 g/mol. The second-order valence-corrected chi connectivity index (χ2v) is 5.70. The number of nitro benzene ring substituents is 1. The summed E-state index contributed by atoms with van der Waals surface area (Å²) in [6.45, 7) is 0.0985. The molecule has 0 spiro atoms. The third-order valence-corrected chi connectivity index (χ3v) is 3.81. The first-order valence-electron chi connectivity index (χ1n) is 5.74. The minimum atomic E-state index is -4.20. The molecule has 0 aliphatic carbocycles. The average molecular weight is 312 g/mol. The van der Waals surface area contributed by atoms with E-state index in [1.165, 1.54) is 30.1 Å². The van der Waals surface area contributed by atoms with Crippen molar-refractivity contribution in [1.29, 1.82) is 0 Å². The molecule has 2 aromatic rings. The third kappa shape index (κ3) is 3.17. The van der Waals surface area contributed by atoms with Crippen LogP contribution in [-0.4, -0.2) is 23.1 Å². The number of nitro groups is 1. The number of benzene rings is 1. The molecule has 0 bridgehead atoms. The highest BCUT2D eigenvalue weighted by Crippen LogP contribution is 2.30. The van der Waals surface area contributed by atoms with Gasteiger partial charge in [0.15, 0.2) is 0 Å². The number of nitrogens with zero attached hydrogens (tertiary/aromatic N) is 3. The van der Waals surface area contributed by atoms with Gasteiger partial charge in [0.25, 0.3) is 0 Å². The quantitative estimate of drug-likeness (QED) is 0.484. The van der Waals surface area contributed by atoms with Crippen LogP contribution in [0.1, 0.15) is 5.56 Å². The lowest BCUT2D eigenvalue weighted by molar-refractivity contribution is -0.385. The zero-order chi connectivity index (χ0) is 15.6. The highest BCUT2D eigenvalue weighted by Gasteiger charge is 2.24. The summed E-state index contributed by atoms with van der Waals surface area (Å²) in [6, 6.07) is 3.81. The number of aryl methyl sites for hydroxylation is 1. The summed E-state index contributed by atoms with van der Waals surface area (Å²) in [4.78, 5) is 10.0. The lowest BCUT2D eigenvalue weighted by Crippen LogP contribution is -2.11. The van der Waals surface area contributed by atoms with Crippen molar-refractivity contribution in [3.8, 4) is 5.75 Å². The zero-order valence-electron chi connectivity index (χ0n) is 11.0. The molecule has 0 radical (unpaired) electrons. The molecule has 1 heterocycles. The molecule has 21 heavy (non-hydrogen) atoms. The van der Waals surface area contributed by atoms with E-state index in [0.29, 0.717) is 5.56 Å². The Morgan fingerprint density at radius 3 is 2.71 bits per heavy atom. The minimum Gasteiger partial charge on any atom is -0.371 e. The maximum absolute atomic E-state index is 12.1. The van der Waals surface area contributed by atoms with Crippen molar-refractivity contribution in [1.82, 2.24) is 9.78 Å². The number of hydrogen-bond donors (Lipinski definition) is 1. The summed E-state index contributed by atoms with van der Waals surface area (Å²) in [5.41, 5.74) is 5.49. The van der Waals surface area contributed by atoms with Crippen LogP contribution in [0.15, 0.2) is 35.5 Å². The van der Waals surface area contributed by atoms with Crippen LogP contribution in [0.3, 0.4) is 0 Å². The summed E-state index contributed by atoms with van der Waals surface area (Å²) in [5, 5.41) is 14.7. The van der Waals surface area contributed by atoms with Gasteiger partial charge in [-0.3, -0.25) is 14.8 Å². The van der Waals surface area contributed by atoms with Gasteiger partial charge in [0.2, 0.25) is 5.75 Å². The number of hydrogen-bond acceptors (Lipinski definition) is 7. The molecule has 9 nitrogen and oxygen atoms in total. The molecule has 112 valence electrons. The van der Waals surface area contributed by atoms with Crippen LogP contribution in [0.4, 0.5) is 5.69 Å². The molecule has 1 aromatic carbocycles. The minimum absolute atomic E-state index is 0.0985. The third-order valence-electron chi connectivity index (χ3n) is 2.63. The molecule has 0 aliphatic rings. The zero-order valence-corrected chi connectivity index (χ0v) is 11.8. The Morgan fingerprint density at radius 2 is 2.19 bits per heavy atom. The van der Waals surface area contributed by atoms with Crippen molar-refractivity contribution in [3.63, 3.8) is 0 Å². The molecule has 0 amide bonds. The predicted octanol–water partition coefficient (Wildman–Crippen LogP) is 0.555. The van der Waals surface area contributed by atoms with E-state index >= 15 is 0 Å². The van der Waals surface area contributed by atoms with E-state index in [-0.39, 0.29) is 17.2 Å². The summed E-state index contributed by atoms with van der Waals surface area (Å²) in [7, 11) is -2.66. The molecule has 0 fully saturated rings. The predicted molar refractivity (Wildman–Crippen MR) is 72.0 cm³/mol. The van der Waals surface area contributed by atoms with Crippen LogP contribution in [0, 0.1) is 10.1 Å². The van der Waals surface area contributed by atoms with Gasteiger partial charge in [-0.15, -0.1) is 0 Å². The fourth-order valence-electron chi connectivity index (χ4n) is 1.60. The van der Waals surface area contributed by atoms with Gasteiger partial charge in [-0.1, -0.05) is 6.07 Å². The largest absolute Gasteiger partial charge is 0.371 e. The first kappa shape index (κ1) is 14.9. The van der Waals surface area contributed by atoms with Crippen molar-refractivity contribution in [2.24, 2.45) is 12.8 Å². The lowest BCUT2D eigenvalue weighted by Gasteiger charge is -2.07. The molecule has 0 saturated heterocycles. The van der Waals surface area contributed by atoms with Gasteiger partial charge >= 0.3 is 15.8 Å². The van der Waals surface area contributed by atoms with Gasteiger partial charge in [0.05, 0.1) is 11.1 Å². The molecule has 0 atom stereocenters. The van der Waals surface area contributed by atoms with Crippen LogP contribution in [-0.2, 0) is 23.7 Å². The van der Waals surface area contributed by atoms with E-state index in [2.05, 4.69) is 5.10 Å². The Morgan fingerprint density at radius 1 is 1.48 bits per heavy atom. The van der Waals surface area contributed by atoms with E-state index in [1.54, 1.807) is 0 Å². The summed E-state index contributed by atoms with van der Waals surface area (Å²) < 4.78 is 30.3. The highest BCUT2D eigenvalue weighted by atomic mass is 32.2. The van der Waals surface area contributed by atoms with Gasteiger partial charge in [0, 0.05) is 25.9 Å². The number of aromatic nitrogens is 2. The second kappa shape index (κ2) is 5.50. The van der Waals surface area contributed by atoms with E-state index in [0.717, 1.165) is 12.3 Å². The van der Waals surface area contributed by atoms with Crippen LogP contribution >= 0.6 is 0 Å². The number of nitrogens with two attached hydrogens (primary N) is 1. The van der Waals surface area contributed by atoms with Gasteiger partial charge in [-0.25, -0.2) is 0 Å². The topological polar surface area (TPSA) is 130 Å². The SMILES string of the molecule is Cn1cc(S(=O)(=O)Oc2cc(CN)ccc2[N+](=O)[O-])cn1. The van der Waals surface area contributed by atoms with Crippen LogP contribution < -0.4 is 9.92 Å². The molecular formula is C11H12N4O5S.